The van der Waals surface area contributed by atoms with Crippen LogP contribution in [0.5, 0.6) is 0 Å². The molecule has 1 aliphatic rings. The van der Waals surface area contributed by atoms with Crippen LogP contribution in [0.15, 0.2) is 66.5 Å². The van der Waals surface area contributed by atoms with E-state index >= 15 is 0 Å². The zero-order valence-electron chi connectivity index (χ0n) is 61.7. The number of imidazole rings is 2. The Kier molecular flexibility index (Phi) is 36.4. The number of nitrogens with zero attached hydrogens (tertiary/aromatic N) is 8. The highest BCUT2D eigenvalue weighted by Crippen LogP contribution is 2.18. The van der Waals surface area contributed by atoms with E-state index in [0.717, 1.165) is 0 Å². The molecule has 0 aliphatic carbocycles. The van der Waals surface area contributed by atoms with Gasteiger partial charge in [-0.2, -0.15) is 4.98 Å². The number of anilines is 2. The lowest BCUT2D eigenvalue weighted by Gasteiger charge is -2.27. The number of hydrogen-bond donors (Lipinski definition) is 16. The van der Waals surface area contributed by atoms with E-state index in [1.54, 1.807) is 19.2 Å². The molecule has 2 bridgehead atoms. The molecule has 9 atom stereocenters. The number of rotatable bonds is 38. The van der Waals surface area contributed by atoms with Crippen LogP contribution in [0.4, 0.5) is 11.6 Å². The second-order valence-corrected chi connectivity index (χ2v) is 25.7. The van der Waals surface area contributed by atoms with Crippen LogP contribution in [0.25, 0.3) is 11.2 Å². The number of hydrogen-bond acceptors (Lipinski definition) is 29. The quantitative estimate of drug-likeness (QED) is 0.0164. The number of ketones is 2. The van der Waals surface area contributed by atoms with Crippen LogP contribution in [0.3, 0.4) is 0 Å². The van der Waals surface area contributed by atoms with Crippen LogP contribution < -0.4 is 59.1 Å². The van der Waals surface area contributed by atoms with Gasteiger partial charge in [-0.3, -0.25) is 62.4 Å². The molecule has 42 nitrogen and oxygen atoms in total. The van der Waals surface area contributed by atoms with Gasteiger partial charge in [0.05, 0.1) is 128 Å². The molecule has 8 amide bonds. The Morgan fingerprint density at radius 1 is 0.712 bits per heavy atom. The van der Waals surface area contributed by atoms with Gasteiger partial charge < -0.3 is 107 Å². The van der Waals surface area contributed by atoms with E-state index in [2.05, 4.69) is 98.0 Å². The molecule has 0 radical (unpaired) electrons. The molecule has 0 spiro atoms. The van der Waals surface area contributed by atoms with Gasteiger partial charge in [-0.25, -0.2) is 24.7 Å². The number of aromatic nitrogens is 11. The SMILES string of the molecule is COCCOCCOCCOCCOCCOCCNC(=O)[C@@H]1CCCCn2cc(nn2)C[C@H](NC(=O)CCC(=O)CC[C@H](NC(=O)c2ccc(NCc3cnc4nc(N)[nH]c(=O)c4n3)cc2)C(=O)O)C(=O)N[C@H](Cc2cnc[nH]2)C(=O)N[C@H](CO)C(=O)C[C@H](Cc2cnc[nH]2)C(=O)N[C@H]([C@H](C)O)C(=O)N[C@H](C)C(=O)N1. The number of aliphatic hydroxyl groups is 2. The van der Waals surface area contributed by atoms with Crippen LogP contribution in [0.2, 0.25) is 0 Å². The molecule has 17 N–H and O–H groups in total. The lowest BCUT2D eigenvalue weighted by molar-refractivity contribution is -0.139. The smallest absolute Gasteiger partial charge is 0.326 e. The average Bonchev–Trinajstić information content (AvgIpc) is 1.60. The highest BCUT2D eigenvalue weighted by atomic mass is 16.6. The molecule has 1 aliphatic heterocycles. The third kappa shape index (κ3) is 30.3. The van der Waals surface area contributed by atoms with Crippen molar-refractivity contribution in [3.05, 3.63) is 100 Å². The van der Waals surface area contributed by atoms with Crippen molar-refractivity contribution >= 4 is 87.6 Å². The van der Waals surface area contributed by atoms with Crippen molar-refractivity contribution in [2.45, 2.75) is 146 Å². The minimum absolute atomic E-state index is 0.0180. The normalized spacial score (nSPS) is 19.3. The summed E-state index contributed by atoms with van der Waals surface area (Å²) in [5, 5.41) is 63.6. The molecule has 604 valence electrons. The molecule has 0 saturated heterocycles. The summed E-state index contributed by atoms with van der Waals surface area (Å²) in [5.74, 6) is -11.5. The Balaban J connectivity index is 1.01. The number of Topliss-reactive ketones (excluding diaryl/α,β-unsaturated/α-hetero) is 2. The van der Waals surface area contributed by atoms with E-state index in [0.29, 0.717) is 82.0 Å². The molecule has 0 saturated carbocycles. The molecule has 6 heterocycles. The van der Waals surface area contributed by atoms with E-state index in [-0.39, 0.29) is 106 Å². The van der Waals surface area contributed by atoms with E-state index in [1.807, 2.05) is 0 Å². The number of carbonyl (C=O) groups excluding carboxylic acids is 10. The molecular formula is C69H97N21O21. The van der Waals surface area contributed by atoms with Gasteiger partial charge in [0.2, 0.25) is 47.3 Å². The maximum absolute atomic E-state index is 14.7. The number of aromatic amines is 3. The number of carboxylic acids is 1. The number of aliphatic carboxylic acids is 1. The highest BCUT2D eigenvalue weighted by Gasteiger charge is 2.36. The number of amides is 8. The van der Waals surface area contributed by atoms with Crippen molar-refractivity contribution in [1.29, 1.82) is 0 Å². The molecule has 6 aromatic rings. The van der Waals surface area contributed by atoms with Crippen LogP contribution in [-0.2, 0) is 109 Å². The standard InChI is InChI=1S/C69H97N21O21/c1-40-60(96)81-50(63(99)73-15-17-107-20-21-109-24-25-111-27-26-110-23-22-108-19-18-106-3)6-4-5-16-90-36-47(88-89-90)31-52(64(100)83-53(30-46-33-72-39-77-46)65(101)84-54(37-91)55(94)29-43(28-45-32-71-38-76-45)62(98)85-57(41(2)92)66(102)78-40)80-56(95)14-12-49(93)11-13-51(68(104)105)82-61(97)42-7-9-44(10-8-42)74-34-48-35-75-59-58(79-48)67(103)87-69(70)86-59/h7-10,32-33,35-36,38-41,43,50-54,57,74,91-92H,4-6,11-31,34,37H2,1-3H3,(H,71,76)(H,72,77)(H,73,99)(H,78,102)(H,80,95)(H,81,96)(H,82,97)(H,83,100)(H,84,101)(H,85,98)(H,104,105)(H3,70,75,86,87,103)/t40-,41+,43+,50+,51+,52+,53-,54-,57-/m1/s1. The zero-order valence-corrected chi connectivity index (χ0v) is 61.7. The summed E-state index contributed by atoms with van der Waals surface area (Å²) in [6.45, 7) is 5.48. The minimum Gasteiger partial charge on any atom is -0.480 e. The maximum Gasteiger partial charge on any atom is 0.326 e. The van der Waals surface area contributed by atoms with Gasteiger partial charge in [0.25, 0.3) is 11.5 Å². The number of aliphatic hydroxyl groups excluding tert-OH is 2. The Morgan fingerprint density at radius 2 is 1.36 bits per heavy atom. The van der Waals surface area contributed by atoms with Gasteiger partial charge in [0.15, 0.2) is 16.9 Å². The first kappa shape index (κ1) is 87.1. The van der Waals surface area contributed by atoms with E-state index in [4.69, 9.17) is 34.2 Å². The minimum atomic E-state index is -1.73. The number of nitrogen functional groups attached to an aromatic ring is 1. The van der Waals surface area contributed by atoms with Gasteiger partial charge in [-0.15, -0.1) is 5.10 Å². The van der Waals surface area contributed by atoms with E-state index in [1.165, 1.54) is 68.1 Å². The third-order valence-electron chi connectivity index (χ3n) is 17.1. The number of nitrogens with two attached hydrogens (primary N) is 1. The number of ether oxygens (including phenoxy) is 6. The molecule has 7 rings (SSSR count). The Hall–Kier alpha value is -11.1. The number of H-pyrrole nitrogens is 3. The van der Waals surface area contributed by atoms with Crippen molar-refractivity contribution in [1.82, 2.24) is 97.4 Å². The first-order valence-corrected chi connectivity index (χ1v) is 36.0. The predicted molar refractivity (Wildman–Crippen MR) is 389 cm³/mol. The fourth-order valence-corrected chi connectivity index (χ4v) is 11.0. The summed E-state index contributed by atoms with van der Waals surface area (Å²) in [5.41, 5.74) is 6.84. The number of carboxylic acid groups (broad SMARTS) is 1. The fourth-order valence-electron chi connectivity index (χ4n) is 11.0. The summed E-state index contributed by atoms with van der Waals surface area (Å²) < 4.78 is 33.9. The molecule has 0 unspecified atom stereocenters. The van der Waals surface area contributed by atoms with Crippen LogP contribution in [-0.4, -0.2) is 276 Å². The number of fused-ring (bicyclic) bond motifs is 3. The Morgan fingerprint density at radius 3 is 1.99 bits per heavy atom. The number of methoxy groups -OCH3 is 1. The largest absolute Gasteiger partial charge is 0.480 e. The van der Waals surface area contributed by atoms with Crippen LogP contribution in [0.1, 0.15) is 98.3 Å². The van der Waals surface area contributed by atoms with Crippen molar-refractivity contribution in [3.8, 4) is 0 Å². The topological polar surface area (TPSA) is 598 Å². The first-order chi connectivity index (χ1) is 53.5. The summed E-state index contributed by atoms with van der Waals surface area (Å²) in [4.78, 5) is 193. The third-order valence-corrected chi connectivity index (χ3v) is 17.1. The van der Waals surface area contributed by atoms with Crippen molar-refractivity contribution < 1.29 is 96.5 Å². The van der Waals surface area contributed by atoms with Gasteiger partial charge in [-0.1, -0.05) is 5.21 Å². The lowest BCUT2D eigenvalue weighted by atomic mass is 9.92. The second kappa shape index (κ2) is 46.4. The fraction of sp³-hybridized carbons (Fsp3) is 0.551. The predicted octanol–water partition coefficient (Wildman–Crippen LogP) is -4.11. The molecule has 0 fully saturated rings. The molecule has 42 heteroatoms. The summed E-state index contributed by atoms with van der Waals surface area (Å²) in [6.07, 6.45) is 3.82. The number of nitrogens with one attached hydrogen (secondary N) is 12. The molecular weight excluding hydrogens is 1460 g/mol. The monoisotopic (exact) mass is 1560 g/mol. The summed E-state index contributed by atoms with van der Waals surface area (Å²) in [7, 11) is 1.59. The number of carbonyl (C=O) groups is 11. The maximum atomic E-state index is 14.7. The molecule has 5 aromatic heterocycles. The molecule has 111 heavy (non-hydrogen) atoms. The van der Waals surface area contributed by atoms with E-state index < -0.39 is 157 Å². The van der Waals surface area contributed by atoms with Crippen molar-refractivity contribution in [2.24, 2.45) is 5.92 Å². The zero-order chi connectivity index (χ0) is 80.0. The highest BCUT2D eigenvalue weighted by molar-refractivity contribution is 5.99. The second-order valence-electron chi connectivity index (χ2n) is 25.7. The van der Waals surface area contributed by atoms with E-state index in [9.17, 15) is 72.9 Å². The van der Waals surface area contributed by atoms with Crippen LogP contribution in [0, 0.1) is 5.92 Å². The average molecular weight is 1560 g/mol. The van der Waals surface area contributed by atoms with Crippen molar-refractivity contribution in [2.75, 3.05) is 104 Å². The first-order valence-electron chi connectivity index (χ1n) is 36.0. The summed E-state index contributed by atoms with van der Waals surface area (Å²) >= 11 is 0. The Bertz CT molecular complexity index is 4050. The Labute approximate surface area is 635 Å². The van der Waals surface area contributed by atoms with Gasteiger partial charge in [0.1, 0.15) is 48.1 Å². The summed E-state index contributed by atoms with van der Waals surface area (Å²) in [6, 6.07) is -4.79. The van der Waals surface area contributed by atoms with Gasteiger partial charge >= 0.3 is 5.97 Å². The van der Waals surface area contributed by atoms with Gasteiger partial charge in [-0.05, 0) is 63.8 Å². The molecule has 1 aromatic carbocycles. The van der Waals surface area contributed by atoms with Gasteiger partial charge in [0, 0.05) is 106 Å². The van der Waals surface area contributed by atoms with Crippen LogP contribution >= 0.6 is 0 Å². The lowest BCUT2D eigenvalue weighted by Crippen LogP contribution is -2.59. The van der Waals surface area contributed by atoms with Crippen molar-refractivity contribution in [3.63, 3.8) is 0 Å². The number of aryl methyl sites for hydroxylation is 1. The number of benzene rings is 1.